The van der Waals surface area contributed by atoms with Gasteiger partial charge in [-0.3, -0.25) is 0 Å². The maximum atomic E-state index is 9.12. The van der Waals surface area contributed by atoms with Crippen LogP contribution in [0.5, 0.6) is 0 Å². The highest BCUT2D eigenvalue weighted by molar-refractivity contribution is 5.83. The Morgan fingerprint density at radius 2 is 2.20 bits per heavy atom. The van der Waals surface area contributed by atoms with Gasteiger partial charge in [0.2, 0.25) is 0 Å². The molecule has 104 valence electrons. The van der Waals surface area contributed by atoms with Crippen molar-refractivity contribution in [3.63, 3.8) is 0 Å². The molecule has 0 bridgehead atoms. The van der Waals surface area contributed by atoms with Crippen LogP contribution in [-0.4, -0.2) is 30.9 Å². The molecule has 2 heterocycles. The summed E-state index contributed by atoms with van der Waals surface area (Å²) in [6.07, 6.45) is 3.17. The average molecular weight is 269 g/mol. The number of nitrogens with zero attached hydrogens (tertiary/aromatic N) is 2. The molecule has 1 aromatic carbocycles. The smallest absolute Gasteiger partial charge is 0.116 e. The van der Waals surface area contributed by atoms with E-state index in [9.17, 15) is 0 Å². The van der Waals surface area contributed by atoms with E-state index in [-0.39, 0.29) is 5.41 Å². The average Bonchev–Trinajstić information content (AvgIpc) is 2.75. The number of benzene rings is 1. The largest absolute Gasteiger partial charge is 0.378 e. The van der Waals surface area contributed by atoms with Crippen molar-refractivity contribution in [2.24, 2.45) is 12.5 Å². The fraction of sp³-hybridized carbons (Fsp3) is 0.438. The molecule has 1 aliphatic heterocycles. The topological polar surface area (TPSA) is 50.0 Å². The Morgan fingerprint density at radius 1 is 1.40 bits per heavy atom. The van der Waals surface area contributed by atoms with E-state index in [2.05, 4.69) is 53.5 Å². The zero-order valence-corrected chi connectivity index (χ0v) is 11.7. The van der Waals surface area contributed by atoms with E-state index in [4.69, 9.17) is 10.00 Å². The summed E-state index contributed by atoms with van der Waals surface area (Å²) in [6.45, 7) is 2.72. The van der Waals surface area contributed by atoms with Gasteiger partial charge in [0.15, 0.2) is 0 Å². The number of fused-ring (bicyclic) bond motifs is 1. The number of rotatable bonds is 5. The summed E-state index contributed by atoms with van der Waals surface area (Å²) in [7, 11) is 2.08. The molecule has 1 aromatic heterocycles. The van der Waals surface area contributed by atoms with Crippen molar-refractivity contribution < 1.29 is 4.74 Å². The highest BCUT2D eigenvalue weighted by Gasteiger charge is 2.38. The molecule has 0 aliphatic carbocycles. The van der Waals surface area contributed by atoms with Crippen molar-refractivity contribution in [2.75, 3.05) is 26.3 Å². The lowest BCUT2D eigenvalue weighted by molar-refractivity contribution is -0.0752. The number of ether oxygens (including phenoxy) is 1. The van der Waals surface area contributed by atoms with Crippen LogP contribution in [0.25, 0.3) is 10.9 Å². The van der Waals surface area contributed by atoms with E-state index in [0.29, 0.717) is 19.8 Å². The molecule has 2 aromatic rings. The van der Waals surface area contributed by atoms with Crippen molar-refractivity contribution in [1.82, 2.24) is 9.88 Å². The highest BCUT2D eigenvalue weighted by Crippen LogP contribution is 2.25. The van der Waals surface area contributed by atoms with Crippen LogP contribution in [0, 0.1) is 16.7 Å². The monoisotopic (exact) mass is 269 g/mol. The van der Waals surface area contributed by atoms with E-state index >= 15 is 0 Å². The number of hydrogen-bond donors (Lipinski definition) is 1. The Labute approximate surface area is 119 Å². The summed E-state index contributed by atoms with van der Waals surface area (Å²) in [4.78, 5) is 0. The van der Waals surface area contributed by atoms with Gasteiger partial charge >= 0.3 is 0 Å². The Kier molecular flexibility index (Phi) is 3.47. The Hall–Kier alpha value is -1.83. The van der Waals surface area contributed by atoms with Crippen LogP contribution < -0.4 is 5.32 Å². The molecule has 4 nitrogen and oxygen atoms in total. The van der Waals surface area contributed by atoms with Gasteiger partial charge in [-0.25, -0.2) is 0 Å². The molecule has 0 saturated carbocycles. The van der Waals surface area contributed by atoms with Crippen molar-refractivity contribution in [1.29, 1.82) is 5.26 Å². The first-order chi connectivity index (χ1) is 9.74. The van der Waals surface area contributed by atoms with Crippen molar-refractivity contribution >= 4 is 10.9 Å². The first-order valence-corrected chi connectivity index (χ1v) is 6.97. The summed E-state index contributed by atoms with van der Waals surface area (Å²) in [5, 5.41) is 13.8. The number of aromatic nitrogens is 1. The van der Waals surface area contributed by atoms with E-state index in [1.54, 1.807) is 0 Å². The van der Waals surface area contributed by atoms with Gasteiger partial charge in [0.1, 0.15) is 5.41 Å². The summed E-state index contributed by atoms with van der Waals surface area (Å²) < 4.78 is 7.31. The number of para-hydroxylation sites is 1. The molecule has 0 amide bonds. The molecular formula is C16H19N3O. The third-order valence-corrected chi connectivity index (χ3v) is 4.01. The second-order valence-corrected chi connectivity index (χ2v) is 5.59. The minimum absolute atomic E-state index is 0.293. The normalized spacial score (nSPS) is 16.8. The lowest BCUT2D eigenvalue weighted by Gasteiger charge is -2.35. The van der Waals surface area contributed by atoms with Gasteiger partial charge in [-0.15, -0.1) is 0 Å². The van der Waals surface area contributed by atoms with Gasteiger partial charge in [0.05, 0.1) is 19.3 Å². The molecule has 0 atom stereocenters. The molecule has 0 unspecified atom stereocenters. The molecule has 4 heteroatoms. The van der Waals surface area contributed by atoms with Gasteiger partial charge in [-0.05, 0) is 24.6 Å². The van der Waals surface area contributed by atoms with Crippen LogP contribution in [0.3, 0.4) is 0 Å². The third-order valence-electron chi connectivity index (χ3n) is 4.01. The second kappa shape index (κ2) is 5.28. The van der Waals surface area contributed by atoms with E-state index < -0.39 is 0 Å². The maximum absolute atomic E-state index is 9.12. The molecule has 0 radical (unpaired) electrons. The SMILES string of the molecule is Cn1cc(CCNCC2(C#N)COC2)c2ccccc21. The lowest BCUT2D eigenvalue weighted by Crippen LogP contribution is -2.48. The molecule has 1 N–H and O–H groups in total. The maximum Gasteiger partial charge on any atom is 0.116 e. The lowest BCUT2D eigenvalue weighted by atomic mass is 9.88. The van der Waals surface area contributed by atoms with Crippen LogP contribution in [0.15, 0.2) is 30.5 Å². The Morgan fingerprint density at radius 3 is 2.90 bits per heavy atom. The van der Waals surface area contributed by atoms with Crippen molar-refractivity contribution in [3.8, 4) is 6.07 Å². The van der Waals surface area contributed by atoms with Crippen LogP contribution in [-0.2, 0) is 18.2 Å². The second-order valence-electron chi connectivity index (χ2n) is 5.59. The standard InChI is InChI=1S/C16H19N3O/c1-19-8-13(14-4-2-3-5-15(14)19)6-7-18-10-16(9-17)11-20-12-16/h2-5,8,18H,6-7,10-12H2,1H3. The Balaban J connectivity index is 1.59. The number of nitriles is 1. The van der Waals surface area contributed by atoms with E-state index in [0.717, 1.165) is 13.0 Å². The van der Waals surface area contributed by atoms with Crippen LogP contribution in [0.4, 0.5) is 0 Å². The fourth-order valence-electron chi connectivity index (χ4n) is 2.73. The van der Waals surface area contributed by atoms with Crippen molar-refractivity contribution in [2.45, 2.75) is 6.42 Å². The van der Waals surface area contributed by atoms with Crippen LogP contribution in [0.2, 0.25) is 0 Å². The fourth-order valence-corrected chi connectivity index (χ4v) is 2.73. The van der Waals surface area contributed by atoms with Crippen LogP contribution >= 0.6 is 0 Å². The summed E-state index contributed by atoms with van der Waals surface area (Å²) >= 11 is 0. The third kappa shape index (κ3) is 2.31. The first kappa shape index (κ1) is 13.2. The molecular weight excluding hydrogens is 250 g/mol. The van der Waals surface area contributed by atoms with Crippen molar-refractivity contribution in [3.05, 3.63) is 36.0 Å². The zero-order chi connectivity index (χ0) is 14.0. The van der Waals surface area contributed by atoms with Gasteiger partial charge < -0.3 is 14.6 Å². The first-order valence-electron chi connectivity index (χ1n) is 6.97. The predicted molar refractivity (Wildman–Crippen MR) is 78.4 cm³/mol. The van der Waals surface area contributed by atoms with E-state index in [1.807, 2.05) is 0 Å². The molecule has 20 heavy (non-hydrogen) atoms. The molecule has 0 spiro atoms. The number of nitrogens with one attached hydrogen (secondary N) is 1. The van der Waals surface area contributed by atoms with E-state index in [1.165, 1.54) is 16.5 Å². The quantitative estimate of drug-likeness (QED) is 0.843. The molecule has 3 rings (SSSR count). The number of aryl methyl sites for hydroxylation is 1. The van der Waals surface area contributed by atoms with Gasteiger partial charge in [-0.1, -0.05) is 18.2 Å². The Bertz CT molecular complexity index is 649. The summed E-state index contributed by atoms with van der Waals surface area (Å²) in [5.41, 5.74) is 2.33. The van der Waals surface area contributed by atoms with Gasteiger partial charge in [0, 0.05) is 30.7 Å². The summed E-state index contributed by atoms with van der Waals surface area (Å²) in [6, 6.07) is 10.8. The van der Waals surface area contributed by atoms with Crippen LogP contribution in [0.1, 0.15) is 5.56 Å². The minimum atomic E-state index is -0.293. The summed E-state index contributed by atoms with van der Waals surface area (Å²) in [5.74, 6) is 0. The molecule has 1 saturated heterocycles. The highest BCUT2D eigenvalue weighted by atomic mass is 16.5. The van der Waals surface area contributed by atoms with Gasteiger partial charge in [0.25, 0.3) is 0 Å². The zero-order valence-electron chi connectivity index (χ0n) is 11.7. The predicted octanol–water partition coefficient (Wildman–Crippen LogP) is 1.85. The number of hydrogen-bond acceptors (Lipinski definition) is 3. The molecule has 1 aliphatic rings. The molecule has 1 fully saturated rings. The van der Waals surface area contributed by atoms with Gasteiger partial charge in [-0.2, -0.15) is 5.26 Å². The minimum Gasteiger partial charge on any atom is -0.378 e.